The van der Waals surface area contributed by atoms with Crippen molar-refractivity contribution in [2.45, 2.75) is 13.0 Å². The number of hydrogen-bond donors (Lipinski definition) is 1. The highest BCUT2D eigenvalue weighted by Gasteiger charge is 2.17. The first-order chi connectivity index (χ1) is 7.20. The first-order valence-electron chi connectivity index (χ1n) is 4.51. The number of halogens is 1. The van der Waals surface area contributed by atoms with Gasteiger partial charge in [0.15, 0.2) is 0 Å². The number of nitrogens with zero attached hydrogens (tertiary/aromatic N) is 1. The van der Waals surface area contributed by atoms with E-state index in [4.69, 9.17) is 0 Å². The maximum absolute atomic E-state index is 13.3. The van der Waals surface area contributed by atoms with Crippen LogP contribution in [0.1, 0.15) is 22.1 Å². The molecule has 4 heteroatoms. The van der Waals surface area contributed by atoms with E-state index in [1.54, 1.807) is 0 Å². The van der Waals surface area contributed by atoms with E-state index in [1.165, 1.54) is 23.6 Å². The van der Waals surface area contributed by atoms with E-state index in [0.717, 1.165) is 16.6 Å². The quantitative estimate of drug-likeness (QED) is 0.849. The smallest absolute Gasteiger partial charge is 0.147 e. The Morgan fingerprint density at radius 3 is 2.80 bits per heavy atom. The van der Waals surface area contributed by atoms with Crippen molar-refractivity contribution in [2.75, 3.05) is 0 Å². The fourth-order valence-electron chi connectivity index (χ4n) is 1.45. The molecule has 0 amide bonds. The lowest BCUT2D eigenvalue weighted by atomic mass is 10.0. The van der Waals surface area contributed by atoms with Gasteiger partial charge in [-0.15, -0.1) is 11.3 Å². The highest BCUT2D eigenvalue weighted by atomic mass is 32.1. The molecule has 0 aromatic carbocycles. The van der Waals surface area contributed by atoms with Crippen molar-refractivity contribution in [1.29, 1.82) is 0 Å². The van der Waals surface area contributed by atoms with Crippen molar-refractivity contribution in [3.63, 3.8) is 0 Å². The number of rotatable bonds is 2. The molecule has 0 saturated heterocycles. The molecule has 0 aliphatic heterocycles. The van der Waals surface area contributed by atoms with Crippen LogP contribution in [0.2, 0.25) is 0 Å². The summed E-state index contributed by atoms with van der Waals surface area (Å²) in [7, 11) is 0. The van der Waals surface area contributed by atoms with E-state index in [0.29, 0.717) is 0 Å². The molecule has 0 aliphatic carbocycles. The number of thiophene rings is 1. The van der Waals surface area contributed by atoms with Gasteiger partial charge in [0.05, 0.1) is 6.20 Å². The van der Waals surface area contributed by atoms with Crippen molar-refractivity contribution in [2.24, 2.45) is 0 Å². The van der Waals surface area contributed by atoms with Gasteiger partial charge in [0.2, 0.25) is 0 Å². The number of aliphatic hydroxyl groups excluding tert-OH is 1. The number of pyridine rings is 1. The summed E-state index contributed by atoms with van der Waals surface area (Å²) in [5, 5.41) is 11.9. The lowest BCUT2D eigenvalue weighted by Gasteiger charge is -2.11. The Labute approximate surface area is 91.0 Å². The number of aryl methyl sites for hydroxylation is 1. The molecule has 2 aromatic rings. The van der Waals surface area contributed by atoms with Gasteiger partial charge in [0.1, 0.15) is 11.9 Å². The predicted octanol–water partition coefficient (Wildman–Crippen LogP) is 2.67. The molecule has 78 valence electrons. The van der Waals surface area contributed by atoms with Crippen molar-refractivity contribution in [1.82, 2.24) is 4.98 Å². The summed E-state index contributed by atoms with van der Waals surface area (Å²) >= 11 is 1.54. The van der Waals surface area contributed by atoms with E-state index >= 15 is 0 Å². The number of aromatic nitrogens is 1. The lowest BCUT2D eigenvalue weighted by Crippen LogP contribution is -2.02. The molecule has 1 unspecified atom stereocenters. The standard InChI is InChI=1S/C11H10FNOS/c1-7-8(3-5-15-7)11(14)9-2-4-13-6-10(9)12/h2-6,11,14H,1H3. The third-order valence-electron chi connectivity index (χ3n) is 2.29. The third-order valence-corrected chi connectivity index (χ3v) is 3.15. The number of aliphatic hydroxyl groups is 1. The summed E-state index contributed by atoms with van der Waals surface area (Å²) in [6.45, 7) is 1.91. The van der Waals surface area contributed by atoms with Crippen LogP contribution in [-0.4, -0.2) is 10.1 Å². The van der Waals surface area contributed by atoms with E-state index in [1.807, 2.05) is 18.4 Å². The Hall–Kier alpha value is -1.26. The second-order valence-electron chi connectivity index (χ2n) is 3.23. The zero-order valence-corrected chi connectivity index (χ0v) is 8.96. The maximum Gasteiger partial charge on any atom is 0.147 e. The SMILES string of the molecule is Cc1sccc1C(O)c1ccncc1F. The average molecular weight is 223 g/mol. The molecular weight excluding hydrogens is 213 g/mol. The largest absolute Gasteiger partial charge is 0.384 e. The first kappa shape index (κ1) is 10.3. The van der Waals surface area contributed by atoms with E-state index < -0.39 is 11.9 Å². The van der Waals surface area contributed by atoms with Gasteiger partial charge in [-0.1, -0.05) is 0 Å². The molecule has 1 atom stereocenters. The van der Waals surface area contributed by atoms with Gasteiger partial charge in [0, 0.05) is 16.6 Å². The molecule has 0 aliphatic rings. The third kappa shape index (κ3) is 1.91. The van der Waals surface area contributed by atoms with Gasteiger partial charge in [-0.25, -0.2) is 4.39 Å². The summed E-state index contributed by atoms with van der Waals surface area (Å²) in [6, 6.07) is 3.31. The predicted molar refractivity (Wildman–Crippen MR) is 57.3 cm³/mol. The molecule has 0 spiro atoms. The lowest BCUT2D eigenvalue weighted by molar-refractivity contribution is 0.214. The Morgan fingerprint density at radius 2 is 2.20 bits per heavy atom. The van der Waals surface area contributed by atoms with Crippen molar-refractivity contribution in [3.8, 4) is 0 Å². The molecule has 2 aromatic heterocycles. The molecule has 0 bridgehead atoms. The second-order valence-corrected chi connectivity index (χ2v) is 4.35. The van der Waals surface area contributed by atoms with Gasteiger partial charge in [-0.2, -0.15) is 0 Å². The topological polar surface area (TPSA) is 33.1 Å². The molecule has 0 saturated carbocycles. The van der Waals surface area contributed by atoms with Crippen LogP contribution in [0, 0.1) is 12.7 Å². The molecule has 15 heavy (non-hydrogen) atoms. The van der Waals surface area contributed by atoms with Gasteiger partial charge in [-0.3, -0.25) is 4.98 Å². The highest BCUT2D eigenvalue weighted by Crippen LogP contribution is 2.28. The van der Waals surface area contributed by atoms with Crippen LogP contribution < -0.4 is 0 Å². The monoisotopic (exact) mass is 223 g/mol. The van der Waals surface area contributed by atoms with E-state index in [9.17, 15) is 9.50 Å². The van der Waals surface area contributed by atoms with Gasteiger partial charge in [0.25, 0.3) is 0 Å². The zero-order chi connectivity index (χ0) is 10.8. The second kappa shape index (κ2) is 4.08. The van der Waals surface area contributed by atoms with Crippen molar-refractivity contribution in [3.05, 3.63) is 51.7 Å². The maximum atomic E-state index is 13.3. The molecule has 1 N–H and O–H groups in total. The minimum Gasteiger partial charge on any atom is -0.384 e. The summed E-state index contributed by atoms with van der Waals surface area (Å²) in [4.78, 5) is 4.65. The summed E-state index contributed by atoms with van der Waals surface area (Å²) in [5.41, 5.74) is 1.02. The number of hydrogen-bond acceptors (Lipinski definition) is 3. The van der Waals surface area contributed by atoms with Crippen LogP contribution in [0.25, 0.3) is 0 Å². The Bertz CT molecular complexity index is 469. The summed E-state index contributed by atoms with van der Waals surface area (Å²) < 4.78 is 13.3. The average Bonchev–Trinajstić information content (AvgIpc) is 2.64. The summed E-state index contributed by atoms with van der Waals surface area (Å²) in [5.74, 6) is -0.476. The zero-order valence-electron chi connectivity index (χ0n) is 8.14. The van der Waals surface area contributed by atoms with Crippen LogP contribution in [-0.2, 0) is 0 Å². The minimum atomic E-state index is -0.903. The van der Waals surface area contributed by atoms with Crippen LogP contribution in [0.15, 0.2) is 29.9 Å². The van der Waals surface area contributed by atoms with Crippen molar-refractivity contribution < 1.29 is 9.50 Å². The van der Waals surface area contributed by atoms with Crippen LogP contribution in [0.3, 0.4) is 0 Å². The molecular formula is C11H10FNOS. The van der Waals surface area contributed by atoms with Crippen molar-refractivity contribution >= 4 is 11.3 Å². The fourth-order valence-corrected chi connectivity index (χ4v) is 2.19. The summed E-state index contributed by atoms with van der Waals surface area (Å²) in [6.07, 6.45) is 1.68. The van der Waals surface area contributed by atoms with Gasteiger partial charge >= 0.3 is 0 Å². The molecule has 2 nitrogen and oxygen atoms in total. The molecule has 0 radical (unpaired) electrons. The van der Waals surface area contributed by atoms with E-state index in [2.05, 4.69) is 4.98 Å². The fraction of sp³-hybridized carbons (Fsp3) is 0.182. The minimum absolute atomic E-state index is 0.270. The Balaban J connectivity index is 2.41. The normalized spacial score (nSPS) is 12.7. The Morgan fingerprint density at radius 1 is 1.40 bits per heavy atom. The first-order valence-corrected chi connectivity index (χ1v) is 5.39. The molecule has 0 fully saturated rings. The van der Waals surface area contributed by atoms with Gasteiger partial charge in [-0.05, 0) is 30.0 Å². The molecule has 2 rings (SSSR count). The highest BCUT2D eigenvalue weighted by molar-refractivity contribution is 7.10. The van der Waals surface area contributed by atoms with Crippen LogP contribution >= 0.6 is 11.3 Å². The van der Waals surface area contributed by atoms with Gasteiger partial charge < -0.3 is 5.11 Å². The van der Waals surface area contributed by atoms with Crippen LogP contribution in [0.5, 0.6) is 0 Å². The Kier molecular flexibility index (Phi) is 2.79. The van der Waals surface area contributed by atoms with Crippen LogP contribution in [0.4, 0.5) is 4.39 Å². The van der Waals surface area contributed by atoms with E-state index in [-0.39, 0.29) is 5.56 Å². The molecule has 2 heterocycles.